The Morgan fingerprint density at radius 2 is 1.21 bits per heavy atom. The summed E-state index contributed by atoms with van der Waals surface area (Å²) >= 11 is 0. The first-order chi connectivity index (χ1) is 16.7. The van der Waals surface area contributed by atoms with Crippen LogP contribution in [0.15, 0.2) is 24.7 Å². The third kappa shape index (κ3) is 8.29. The summed E-state index contributed by atoms with van der Waals surface area (Å²) in [5.74, 6) is 1.01. The molecular weight excluding hydrogens is 416 g/mol. The topological polar surface area (TPSA) is 41.0 Å². The quantitative estimate of drug-likeness (QED) is 0.237. The van der Waals surface area contributed by atoms with Gasteiger partial charge in [0, 0.05) is 6.54 Å². The summed E-state index contributed by atoms with van der Waals surface area (Å²) in [4.78, 5) is 11.2. The van der Waals surface area contributed by atoms with Crippen LogP contribution in [0.25, 0.3) is 0 Å². The summed E-state index contributed by atoms with van der Waals surface area (Å²) in [5, 5.41) is 3.53. The van der Waals surface area contributed by atoms with E-state index in [9.17, 15) is 0 Å². The predicted octanol–water partition coefficient (Wildman–Crippen LogP) is 9.55. The number of aryl methyl sites for hydroxylation is 2. The number of fused-ring (bicyclic) bond motifs is 2. The fourth-order valence-corrected chi connectivity index (χ4v) is 5.05. The van der Waals surface area contributed by atoms with E-state index >= 15 is 0 Å². The summed E-state index contributed by atoms with van der Waals surface area (Å²) in [7, 11) is 0. The van der Waals surface area contributed by atoms with Crippen molar-refractivity contribution in [1.82, 2.24) is 9.97 Å². The van der Waals surface area contributed by atoms with Gasteiger partial charge in [-0.3, -0.25) is 0 Å². The van der Waals surface area contributed by atoms with Gasteiger partial charge in [0.15, 0.2) is 5.82 Å². The van der Waals surface area contributed by atoms with Gasteiger partial charge >= 0.3 is 0 Å². The maximum absolute atomic E-state index is 4.60. The molecule has 188 valence electrons. The first-order valence-corrected chi connectivity index (χ1v) is 14.2. The number of anilines is 4. The molecule has 4 heteroatoms. The SMILES string of the molecule is CCCCCCCCCCCCCCCCCCN1c2cc(C)c(C)cc2Nc2cncnc21. The fourth-order valence-electron chi connectivity index (χ4n) is 5.05. The molecule has 3 rings (SSSR count). The van der Waals surface area contributed by atoms with Gasteiger partial charge in [-0.25, -0.2) is 9.97 Å². The van der Waals surface area contributed by atoms with Crippen LogP contribution in [-0.2, 0) is 0 Å². The van der Waals surface area contributed by atoms with Gasteiger partial charge in [-0.15, -0.1) is 0 Å². The van der Waals surface area contributed by atoms with Crippen molar-refractivity contribution in [2.75, 3.05) is 16.8 Å². The minimum absolute atomic E-state index is 1.01. The van der Waals surface area contributed by atoms with Crippen LogP contribution >= 0.6 is 0 Å². The monoisotopic (exact) mass is 464 g/mol. The van der Waals surface area contributed by atoms with Crippen molar-refractivity contribution in [3.05, 3.63) is 35.8 Å². The number of rotatable bonds is 17. The Bertz CT molecular complexity index is 848. The third-order valence-corrected chi connectivity index (χ3v) is 7.35. The maximum Gasteiger partial charge on any atom is 0.160 e. The van der Waals surface area contributed by atoms with Crippen molar-refractivity contribution in [2.24, 2.45) is 0 Å². The van der Waals surface area contributed by atoms with Crippen LogP contribution in [-0.4, -0.2) is 16.5 Å². The summed E-state index contributed by atoms with van der Waals surface area (Å²) in [6.45, 7) is 7.68. The first-order valence-electron chi connectivity index (χ1n) is 14.2. The van der Waals surface area contributed by atoms with Crippen molar-refractivity contribution in [3.63, 3.8) is 0 Å². The second-order valence-corrected chi connectivity index (χ2v) is 10.3. The number of aromatic nitrogens is 2. The lowest BCUT2D eigenvalue weighted by molar-refractivity contribution is 0.530. The van der Waals surface area contributed by atoms with E-state index in [0.717, 1.165) is 18.1 Å². The molecule has 0 unspecified atom stereocenters. The predicted molar refractivity (Wildman–Crippen MR) is 148 cm³/mol. The second-order valence-electron chi connectivity index (χ2n) is 10.3. The van der Waals surface area contributed by atoms with Crippen molar-refractivity contribution in [2.45, 2.75) is 124 Å². The van der Waals surface area contributed by atoms with Crippen LogP contribution in [0.2, 0.25) is 0 Å². The molecule has 0 spiro atoms. The molecule has 0 bridgehead atoms. The van der Waals surface area contributed by atoms with Crippen LogP contribution in [0, 0.1) is 13.8 Å². The Morgan fingerprint density at radius 1 is 0.676 bits per heavy atom. The lowest BCUT2D eigenvalue weighted by atomic mass is 10.0. The van der Waals surface area contributed by atoms with Gasteiger partial charge in [0.05, 0.1) is 17.6 Å². The van der Waals surface area contributed by atoms with Gasteiger partial charge in [-0.2, -0.15) is 0 Å². The van der Waals surface area contributed by atoms with Crippen LogP contribution in [0.5, 0.6) is 0 Å². The molecule has 4 nitrogen and oxygen atoms in total. The van der Waals surface area contributed by atoms with E-state index in [0.29, 0.717) is 0 Å². The van der Waals surface area contributed by atoms with Crippen LogP contribution < -0.4 is 10.2 Å². The molecule has 1 aliphatic heterocycles. The number of benzene rings is 1. The minimum Gasteiger partial charge on any atom is -0.350 e. The highest BCUT2D eigenvalue weighted by Crippen LogP contribution is 2.43. The van der Waals surface area contributed by atoms with Gasteiger partial charge < -0.3 is 10.2 Å². The summed E-state index contributed by atoms with van der Waals surface area (Å²) < 4.78 is 0. The average Bonchev–Trinajstić information content (AvgIpc) is 2.84. The van der Waals surface area contributed by atoms with Gasteiger partial charge in [0.2, 0.25) is 0 Å². The lowest BCUT2D eigenvalue weighted by Gasteiger charge is -2.33. The van der Waals surface area contributed by atoms with E-state index < -0.39 is 0 Å². The average molecular weight is 465 g/mol. The Morgan fingerprint density at radius 3 is 1.79 bits per heavy atom. The molecule has 2 heterocycles. The van der Waals surface area contributed by atoms with Crippen LogP contribution in [0.4, 0.5) is 22.9 Å². The van der Waals surface area contributed by atoms with Crippen molar-refractivity contribution in [1.29, 1.82) is 0 Å². The normalized spacial score (nSPS) is 12.4. The smallest absolute Gasteiger partial charge is 0.160 e. The zero-order valence-electron chi connectivity index (χ0n) is 22.2. The zero-order chi connectivity index (χ0) is 24.0. The summed E-state index contributed by atoms with van der Waals surface area (Å²) in [6.07, 6.45) is 26.0. The first kappa shape index (κ1) is 26.5. The summed E-state index contributed by atoms with van der Waals surface area (Å²) in [5.41, 5.74) is 6.07. The molecule has 1 aromatic carbocycles. The number of hydrogen-bond acceptors (Lipinski definition) is 4. The number of nitrogens with one attached hydrogen (secondary N) is 1. The van der Waals surface area contributed by atoms with E-state index in [1.807, 2.05) is 6.20 Å². The fraction of sp³-hybridized carbons (Fsp3) is 0.667. The molecule has 0 radical (unpaired) electrons. The molecule has 0 amide bonds. The van der Waals surface area contributed by atoms with E-state index in [4.69, 9.17) is 0 Å². The van der Waals surface area contributed by atoms with E-state index in [1.54, 1.807) is 6.33 Å². The van der Waals surface area contributed by atoms with Crippen LogP contribution in [0.1, 0.15) is 121 Å². The molecule has 0 fully saturated rings. The van der Waals surface area contributed by atoms with Gasteiger partial charge in [0.25, 0.3) is 0 Å². The maximum atomic E-state index is 4.60. The van der Waals surface area contributed by atoms with Gasteiger partial charge in [0.1, 0.15) is 12.0 Å². The summed E-state index contributed by atoms with van der Waals surface area (Å²) in [6, 6.07) is 4.55. The molecule has 0 atom stereocenters. The number of nitrogens with zero attached hydrogens (tertiary/aromatic N) is 3. The third-order valence-electron chi connectivity index (χ3n) is 7.35. The molecule has 34 heavy (non-hydrogen) atoms. The molecule has 0 aliphatic carbocycles. The van der Waals surface area contributed by atoms with E-state index in [1.165, 1.54) is 125 Å². The molecule has 1 N–H and O–H groups in total. The van der Waals surface area contributed by atoms with Gasteiger partial charge in [-0.05, 0) is 43.5 Å². The Hall–Kier alpha value is -2.10. The highest BCUT2D eigenvalue weighted by molar-refractivity contribution is 5.90. The Labute approximate surface area is 209 Å². The standard InChI is InChI=1S/C30H48N4/c1-4-5-6-7-8-9-10-11-12-13-14-15-16-17-18-19-20-34-29-22-26(3)25(2)21-27(29)33-28-23-31-24-32-30(28)34/h21-24,33H,4-20H2,1-3H3. The van der Waals surface area contributed by atoms with E-state index in [2.05, 4.69) is 53.1 Å². The zero-order valence-corrected chi connectivity index (χ0v) is 22.2. The van der Waals surface area contributed by atoms with Crippen molar-refractivity contribution < 1.29 is 0 Å². The Kier molecular flexibility index (Phi) is 11.7. The molecule has 1 aromatic heterocycles. The lowest BCUT2D eigenvalue weighted by Crippen LogP contribution is -2.25. The Balaban J connectivity index is 1.27. The van der Waals surface area contributed by atoms with Crippen LogP contribution in [0.3, 0.4) is 0 Å². The largest absolute Gasteiger partial charge is 0.350 e. The van der Waals surface area contributed by atoms with Crippen molar-refractivity contribution >= 4 is 22.9 Å². The number of unbranched alkanes of at least 4 members (excludes halogenated alkanes) is 15. The second kappa shape index (κ2) is 15.0. The molecule has 0 saturated carbocycles. The highest BCUT2D eigenvalue weighted by atomic mass is 15.3. The molecular formula is C30H48N4. The molecule has 1 aliphatic rings. The van der Waals surface area contributed by atoms with E-state index in [-0.39, 0.29) is 0 Å². The molecule has 2 aromatic rings. The minimum atomic E-state index is 1.01. The highest BCUT2D eigenvalue weighted by Gasteiger charge is 2.24. The van der Waals surface area contributed by atoms with Gasteiger partial charge in [-0.1, -0.05) is 103 Å². The number of hydrogen-bond donors (Lipinski definition) is 1. The molecule has 0 saturated heterocycles. The van der Waals surface area contributed by atoms with Crippen molar-refractivity contribution in [3.8, 4) is 0 Å².